The molecule has 0 heterocycles. The van der Waals surface area contributed by atoms with Crippen molar-refractivity contribution >= 4 is 15.6 Å². The predicted octanol–water partition coefficient (Wildman–Crippen LogP) is 1.58. The molecule has 0 aliphatic rings. The third-order valence-corrected chi connectivity index (χ3v) is 2.89. The zero-order chi connectivity index (χ0) is 12.3. The van der Waals surface area contributed by atoms with Crippen LogP contribution < -0.4 is 0 Å². The Hall–Kier alpha value is -1.30. The van der Waals surface area contributed by atoms with E-state index in [-0.39, 0.29) is 17.7 Å². The molecule has 0 fully saturated rings. The fourth-order valence-electron chi connectivity index (χ4n) is 1.09. The molecule has 0 radical (unpaired) electrons. The Morgan fingerprint density at radius 2 is 1.88 bits per heavy atom. The van der Waals surface area contributed by atoms with Gasteiger partial charge >= 0.3 is 0 Å². The van der Waals surface area contributed by atoms with Gasteiger partial charge in [0.25, 0.3) is 0 Å². The van der Waals surface area contributed by atoms with Gasteiger partial charge in [-0.05, 0) is 18.2 Å². The van der Waals surface area contributed by atoms with Crippen LogP contribution in [0.4, 0.5) is 8.78 Å². The van der Waals surface area contributed by atoms with Gasteiger partial charge in [0.2, 0.25) is 0 Å². The summed E-state index contributed by atoms with van der Waals surface area (Å²) in [5, 5.41) is 0. The van der Waals surface area contributed by atoms with Crippen molar-refractivity contribution in [3.05, 3.63) is 35.4 Å². The van der Waals surface area contributed by atoms with Crippen molar-refractivity contribution in [1.29, 1.82) is 0 Å². The number of carbonyl (C=O) groups excluding carboxylic acids is 1. The summed E-state index contributed by atoms with van der Waals surface area (Å²) < 4.78 is 46.9. The number of hydrogen-bond donors (Lipinski definition) is 0. The number of carbonyl (C=O) groups is 1. The van der Waals surface area contributed by atoms with E-state index in [0.717, 1.165) is 24.5 Å². The lowest BCUT2D eigenvalue weighted by Gasteiger charge is -2.01. The summed E-state index contributed by atoms with van der Waals surface area (Å²) in [6, 6.07) is 2.73. The molecule has 1 aromatic carbocycles. The van der Waals surface area contributed by atoms with Crippen molar-refractivity contribution in [3.63, 3.8) is 0 Å². The second kappa shape index (κ2) is 4.69. The van der Waals surface area contributed by atoms with Crippen molar-refractivity contribution in [2.24, 2.45) is 0 Å². The first kappa shape index (κ1) is 12.8. The van der Waals surface area contributed by atoms with Gasteiger partial charge in [0.05, 0.1) is 5.75 Å². The molecule has 0 aliphatic heterocycles. The Morgan fingerprint density at radius 1 is 1.25 bits per heavy atom. The summed E-state index contributed by atoms with van der Waals surface area (Å²) in [7, 11) is -3.23. The summed E-state index contributed by atoms with van der Waals surface area (Å²) in [5.74, 6) is -2.99. The second-order valence-electron chi connectivity index (χ2n) is 3.43. The molecule has 88 valence electrons. The van der Waals surface area contributed by atoms with E-state index in [2.05, 4.69) is 0 Å². The molecule has 0 N–H and O–H groups in total. The zero-order valence-corrected chi connectivity index (χ0v) is 9.35. The minimum Gasteiger partial charge on any atom is -0.294 e. The summed E-state index contributed by atoms with van der Waals surface area (Å²) in [6.07, 6.45) is 0.773. The summed E-state index contributed by atoms with van der Waals surface area (Å²) >= 11 is 0. The molecule has 6 heteroatoms. The van der Waals surface area contributed by atoms with Crippen LogP contribution in [0.25, 0.3) is 0 Å². The van der Waals surface area contributed by atoms with Gasteiger partial charge in [-0.2, -0.15) is 0 Å². The van der Waals surface area contributed by atoms with Gasteiger partial charge in [0.1, 0.15) is 9.84 Å². The van der Waals surface area contributed by atoms with Crippen LogP contribution in [0.1, 0.15) is 16.8 Å². The van der Waals surface area contributed by atoms with Crippen LogP contribution in [0.2, 0.25) is 0 Å². The minimum absolute atomic E-state index is 0.0254. The zero-order valence-electron chi connectivity index (χ0n) is 8.54. The van der Waals surface area contributed by atoms with E-state index in [0.29, 0.717) is 0 Å². The second-order valence-corrected chi connectivity index (χ2v) is 5.69. The molecule has 1 rings (SSSR count). The molecule has 0 aromatic heterocycles. The first-order valence-electron chi connectivity index (χ1n) is 4.45. The summed E-state index contributed by atoms with van der Waals surface area (Å²) in [6.45, 7) is 0. The number of hydrogen-bond acceptors (Lipinski definition) is 3. The lowest BCUT2D eigenvalue weighted by atomic mass is 10.1. The Bertz CT molecular complexity index is 509. The van der Waals surface area contributed by atoms with Crippen LogP contribution in [-0.4, -0.2) is 26.2 Å². The first-order chi connectivity index (χ1) is 7.29. The fraction of sp³-hybridized carbons (Fsp3) is 0.300. The molecule has 0 aliphatic carbocycles. The number of rotatable bonds is 4. The van der Waals surface area contributed by atoms with Crippen molar-refractivity contribution in [3.8, 4) is 0 Å². The standard InChI is InChI=1S/C10H10F2O3S/c1-16(14,15)5-4-10(13)7-2-3-8(11)9(12)6-7/h2-3,6H,4-5H2,1H3. The van der Waals surface area contributed by atoms with Gasteiger partial charge in [-0.3, -0.25) is 4.79 Å². The highest BCUT2D eigenvalue weighted by atomic mass is 32.2. The Labute approximate surface area is 92.0 Å². The molecule has 16 heavy (non-hydrogen) atoms. The Balaban J connectivity index is 2.78. The van der Waals surface area contributed by atoms with Crippen molar-refractivity contribution in [2.75, 3.05) is 12.0 Å². The Kier molecular flexibility index (Phi) is 3.74. The average Bonchev–Trinajstić information content (AvgIpc) is 2.17. The lowest BCUT2D eigenvalue weighted by molar-refractivity contribution is 0.0988. The van der Waals surface area contributed by atoms with E-state index in [4.69, 9.17) is 0 Å². The largest absolute Gasteiger partial charge is 0.294 e. The number of benzene rings is 1. The first-order valence-corrected chi connectivity index (χ1v) is 6.51. The average molecular weight is 248 g/mol. The molecule has 3 nitrogen and oxygen atoms in total. The topological polar surface area (TPSA) is 51.2 Å². The van der Waals surface area contributed by atoms with Gasteiger partial charge < -0.3 is 0 Å². The van der Waals surface area contributed by atoms with Gasteiger partial charge in [-0.15, -0.1) is 0 Å². The van der Waals surface area contributed by atoms with E-state index in [1.54, 1.807) is 0 Å². The van der Waals surface area contributed by atoms with E-state index in [1.165, 1.54) is 0 Å². The molecule has 0 saturated carbocycles. The third-order valence-electron chi connectivity index (χ3n) is 1.94. The van der Waals surface area contributed by atoms with Gasteiger partial charge in [0.15, 0.2) is 17.4 Å². The van der Waals surface area contributed by atoms with Crippen LogP contribution in [0.5, 0.6) is 0 Å². The predicted molar refractivity (Wildman–Crippen MR) is 55.0 cm³/mol. The molecule has 0 amide bonds. The number of halogens is 2. The monoisotopic (exact) mass is 248 g/mol. The van der Waals surface area contributed by atoms with Crippen molar-refractivity contribution < 1.29 is 22.0 Å². The highest BCUT2D eigenvalue weighted by molar-refractivity contribution is 7.90. The molecule has 1 aromatic rings. The van der Waals surface area contributed by atoms with E-state index >= 15 is 0 Å². The molecular formula is C10H10F2O3S. The molecule has 0 saturated heterocycles. The van der Waals surface area contributed by atoms with Gasteiger partial charge in [-0.25, -0.2) is 17.2 Å². The number of ketones is 1. The number of sulfone groups is 1. The summed E-state index contributed by atoms with van der Waals surface area (Å²) in [5.41, 5.74) is -0.0254. The third kappa shape index (κ3) is 3.69. The Morgan fingerprint density at radius 3 is 2.38 bits per heavy atom. The maximum absolute atomic E-state index is 12.8. The number of Topliss-reactive ketones (excluding diaryl/α,β-unsaturated/α-hetero) is 1. The van der Waals surface area contributed by atoms with Crippen LogP contribution in [0.15, 0.2) is 18.2 Å². The van der Waals surface area contributed by atoms with E-state index in [9.17, 15) is 22.0 Å². The fourth-order valence-corrected chi connectivity index (χ4v) is 1.65. The van der Waals surface area contributed by atoms with E-state index in [1.807, 2.05) is 0 Å². The molecule has 0 unspecified atom stereocenters. The molecule has 0 spiro atoms. The maximum Gasteiger partial charge on any atom is 0.163 e. The maximum atomic E-state index is 12.8. The smallest absolute Gasteiger partial charge is 0.163 e. The van der Waals surface area contributed by atoms with Crippen LogP contribution in [0.3, 0.4) is 0 Å². The van der Waals surface area contributed by atoms with Crippen LogP contribution >= 0.6 is 0 Å². The molecular weight excluding hydrogens is 238 g/mol. The van der Waals surface area contributed by atoms with Crippen LogP contribution in [0, 0.1) is 11.6 Å². The quantitative estimate of drug-likeness (QED) is 0.760. The van der Waals surface area contributed by atoms with Crippen molar-refractivity contribution in [1.82, 2.24) is 0 Å². The SMILES string of the molecule is CS(=O)(=O)CCC(=O)c1ccc(F)c(F)c1. The highest BCUT2D eigenvalue weighted by Gasteiger charge is 2.12. The van der Waals surface area contributed by atoms with Crippen LogP contribution in [-0.2, 0) is 9.84 Å². The minimum atomic E-state index is -3.23. The lowest BCUT2D eigenvalue weighted by Crippen LogP contribution is -2.09. The summed E-state index contributed by atoms with van der Waals surface area (Å²) in [4.78, 5) is 11.4. The van der Waals surface area contributed by atoms with E-state index < -0.39 is 27.3 Å². The highest BCUT2D eigenvalue weighted by Crippen LogP contribution is 2.10. The molecule has 0 atom stereocenters. The van der Waals surface area contributed by atoms with Gasteiger partial charge in [0, 0.05) is 18.2 Å². The normalized spacial score (nSPS) is 11.4. The molecule has 0 bridgehead atoms. The van der Waals surface area contributed by atoms with Gasteiger partial charge in [-0.1, -0.05) is 0 Å². The van der Waals surface area contributed by atoms with Crippen molar-refractivity contribution in [2.45, 2.75) is 6.42 Å².